The molecule has 0 rings (SSSR count). The number of aliphatic hydroxyl groups is 1. The van der Waals surface area contributed by atoms with E-state index in [1.54, 1.807) is 6.92 Å². The Morgan fingerprint density at radius 2 is 2.22 bits per heavy atom. The van der Waals surface area contributed by atoms with Crippen molar-refractivity contribution in [3.63, 3.8) is 0 Å². The number of aliphatic carboxylic acids is 1. The van der Waals surface area contributed by atoms with E-state index in [0.29, 0.717) is 6.42 Å². The molecule has 0 bridgehead atoms. The third-order valence-electron chi connectivity index (χ3n) is 0.993. The number of carbonyl (C=O) groups is 1. The number of aliphatic hydroxyl groups excluding tert-OH is 1. The van der Waals surface area contributed by atoms with Crippen LogP contribution in [0.4, 0.5) is 0 Å². The smallest absolute Gasteiger partial charge is 0.331 e. The lowest BCUT2D eigenvalue weighted by molar-refractivity contribution is -0.132. The fourth-order valence-electron chi connectivity index (χ4n) is 0.493. The molecular formula is C6H10O3. The molecule has 0 aromatic carbocycles. The van der Waals surface area contributed by atoms with Gasteiger partial charge in [-0.05, 0) is 12.5 Å². The lowest BCUT2D eigenvalue weighted by atomic mass is 10.2. The Morgan fingerprint density at radius 3 is 2.33 bits per heavy atom. The maximum atomic E-state index is 10.1. The Hall–Kier alpha value is -0.830. The van der Waals surface area contributed by atoms with Gasteiger partial charge in [-0.15, -0.1) is 0 Å². The first-order chi connectivity index (χ1) is 4.22. The summed E-state index contributed by atoms with van der Waals surface area (Å²) in [6, 6.07) is 0. The lowest BCUT2D eigenvalue weighted by Gasteiger charge is -1.93. The molecule has 0 unspecified atom stereocenters. The zero-order valence-corrected chi connectivity index (χ0v) is 5.29. The second-order valence-electron chi connectivity index (χ2n) is 1.57. The van der Waals surface area contributed by atoms with Crippen molar-refractivity contribution in [2.24, 2.45) is 0 Å². The van der Waals surface area contributed by atoms with Crippen molar-refractivity contribution < 1.29 is 15.0 Å². The second-order valence-corrected chi connectivity index (χ2v) is 1.57. The van der Waals surface area contributed by atoms with E-state index in [-0.39, 0.29) is 12.2 Å². The molecule has 0 saturated heterocycles. The molecule has 0 aromatic rings. The van der Waals surface area contributed by atoms with Crippen LogP contribution in [0, 0.1) is 0 Å². The van der Waals surface area contributed by atoms with Crippen molar-refractivity contribution in [3.8, 4) is 0 Å². The van der Waals surface area contributed by atoms with Crippen molar-refractivity contribution in [1.29, 1.82) is 0 Å². The molecule has 3 nitrogen and oxygen atoms in total. The minimum atomic E-state index is -0.952. The van der Waals surface area contributed by atoms with Crippen molar-refractivity contribution >= 4 is 5.97 Å². The molecule has 0 aliphatic carbocycles. The van der Waals surface area contributed by atoms with Crippen molar-refractivity contribution in [2.45, 2.75) is 13.3 Å². The summed E-state index contributed by atoms with van der Waals surface area (Å²) in [5, 5.41) is 16.6. The molecule has 0 heterocycles. The number of hydrogen-bond acceptors (Lipinski definition) is 2. The fourth-order valence-corrected chi connectivity index (χ4v) is 0.493. The number of hydrogen-bond donors (Lipinski definition) is 2. The molecule has 0 spiro atoms. The van der Waals surface area contributed by atoms with Crippen LogP contribution in [0.15, 0.2) is 11.6 Å². The maximum Gasteiger partial charge on any atom is 0.331 e. The molecule has 0 amide bonds. The highest BCUT2D eigenvalue weighted by molar-refractivity contribution is 5.86. The van der Waals surface area contributed by atoms with Crippen molar-refractivity contribution in [3.05, 3.63) is 11.6 Å². The molecular weight excluding hydrogens is 120 g/mol. The summed E-state index contributed by atoms with van der Waals surface area (Å²) in [7, 11) is 0. The predicted molar refractivity (Wildman–Crippen MR) is 33.1 cm³/mol. The number of carboxylic acids is 1. The Labute approximate surface area is 53.6 Å². The van der Waals surface area contributed by atoms with Gasteiger partial charge in [0.05, 0.1) is 6.61 Å². The van der Waals surface area contributed by atoms with Gasteiger partial charge in [0.25, 0.3) is 0 Å². The van der Waals surface area contributed by atoms with Crippen LogP contribution < -0.4 is 0 Å². The summed E-state index contributed by atoms with van der Waals surface area (Å²) in [6.45, 7) is 1.53. The molecule has 9 heavy (non-hydrogen) atoms. The molecule has 0 aliphatic heterocycles. The zero-order valence-electron chi connectivity index (χ0n) is 5.29. The van der Waals surface area contributed by atoms with Crippen LogP contribution in [-0.4, -0.2) is 22.8 Å². The first-order valence-corrected chi connectivity index (χ1v) is 2.75. The van der Waals surface area contributed by atoms with Crippen LogP contribution >= 0.6 is 0 Å². The van der Waals surface area contributed by atoms with Crippen LogP contribution in [0.2, 0.25) is 0 Å². The van der Waals surface area contributed by atoms with Gasteiger partial charge in [0.2, 0.25) is 0 Å². The Morgan fingerprint density at radius 1 is 1.67 bits per heavy atom. The summed E-state index contributed by atoms with van der Waals surface area (Å²) < 4.78 is 0. The first-order valence-electron chi connectivity index (χ1n) is 2.75. The molecule has 0 aliphatic rings. The molecule has 0 atom stereocenters. The van der Waals surface area contributed by atoms with Gasteiger partial charge in [0.15, 0.2) is 0 Å². The Bertz CT molecular complexity index is 126. The summed E-state index contributed by atoms with van der Waals surface area (Å²) in [4.78, 5) is 10.1. The Kier molecular flexibility index (Phi) is 3.71. The highest BCUT2D eigenvalue weighted by Crippen LogP contribution is 1.98. The van der Waals surface area contributed by atoms with Gasteiger partial charge in [-0.2, -0.15) is 0 Å². The van der Waals surface area contributed by atoms with E-state index < -0.39 is 5.97 Å². The number of rotatable bonds is 3. The molecule has 2 N–H and O–H groups in total. The monoisotopic (exact) mass is 130 g/mol. The molecule has 0 radical (unpaired) electrons. The van der Waals surface area contributed by atoms with Gasteiger partial charge in [0, 0.05) is 5.57 Å². The summed E-state index contributed by atoms with van der Waals surface area (Å²) in [5.74, 6) is -0.952. The molecule has 3 heteroatoms. The van der Waals surface area contributed by atoms with E-state index in [1.807, 2.05) is 0 Å². The minimum absolute atomic E-state index is 0.199. The van der Waals surface area contributed by atoms with Gasteiger partial charge in [-0.25, -0.2) is 4.79 Å². The van der Waals surface area contributed by atoms with Gasteiger partial charge in [0.1, 0.15) is 0 Å². The second kappa shape index (κ2) is 4.09. The Balaban J connectivity index is 3.98. The van der Waals surface area contributed by atoms with E-state index in [1.165, 1.54) is 6.08 Å². The first kappa shape index (κ1) is 8.17. The highest BCUT2D eigenvalue weighted by Gasteiger charge is 2.00. The topological polar surface area (TPSA) is 57.5 Å². The van der Waals surface area contributed by atoms with Crippen molar-refractivity contribution in [2.75, 3.05) is 6.61 Å². The van der Waals surface area contributed by atoms with Gasteiger partial charge < -0.3 is 10.2 Å². The fraction of sp³-hybridized carbons (Fsp3) is 0.500. The summed E-state index contributed by atoms with van der Waals surface area (Å²) >= 11 is 0. The normalized spacial score (nSPS) is 11.6. The minimum Gasteiger partial charge on any atom is -0.478 e. The van der Waals surface area contributed by atoms with Crippen LogP contribution in [0.25, 0.3) is 0 Å². The SMILES string of the molecule is CC/C(=C/CO)C(=O)O. The highest BCUT2D eigenvalue weighted by atomic mass is 16.4. The third kappa shape index (κ3) is 2.87. The van der Waals surface area contributed by atoms with E-state index in [0.717, 1.165) is 0 Å². The van der Waals surface area contributed by atoms with Crippen molar-refractivity contribution in [1.82, 2.24) is 0 Å². The van der Waals surface area contributed by atoms with E-state index in [9.17, 15) is 4.79 Å². The average Bonchev–Trinajstić information content (AvgIpc) is 1.82. The molecule has 0 saturated carbocycles. The third-order valence-corrected chi connectivity index (χ3v) is 0.993. The predicted octanol–water partition coefficient (Wildman–Crippen LogP) is 0.400. The largest absolute Gasteiger partial charge is 0.478 e. The summed E-state index contributed by atoms with van der Waals surface area (Å²) in [5.41, 5.74) is 0.262. The standard InChI is InChI=1S/C6H10O3/c1-2-5(3-4-7)6(8)9/h3,7H,2,4H2,1H3,(H,8,9)/b5-3-. The van der Waals surface area contributed by atoms with E-state index in [2.05, 4.69) is 0 Å². The van der Waals surface area contributed by atoms with E-state index >= 15 is 0 Å². The maximum absolute atomic E-state index is 10.1. The van der Waals surface area contributed by atoms with Crippen LogP contribution in [0.3, 0.4) is 0 Å². The summed E-state index contributed by atoms with van der Waals surface area (Å²) in [6.07, 6.45) is 1.75. The van der Waals surface area contributed by atoms with Crippen LogP contribution in [-0.2, 0) is 4.79 Å². The zero-order chi connectivity index (χ0) is 7.28. The van der Waals surface area contributed by atoms with Crippen LogP contribution in [0.1, 0.15) is 13.3 Å². The van der Waals surface area contributed by atoms with Crippen LogP contribution in [0.5, 0.6) is 0 Å². The quantitative estimate of drug-likeness (QED) is 0.543. The molecule has 0 fully saturated rings. The van der Waals surface area contributed by atoms with E-state index in [4.69, 9.17) is 10.2 Å². The molecule has 52 valence electrons. The lowest BCUT2D eigenvalue weighted by Crippen LogP contribution is -1.99. The van der Waals surface area contributed by atoms with Gasteiger partial charge >= 0.3 is 5.97 Å². The van der Waals surface area contributed by atoms with Gasteiger partial charge in [-0.1, -0.05) is 6.92 Å². The van der Waals surface area contributed by atoms with Gasteiger partial charge in [-0.3, -0.25) is 0 Å². The molecule has 0 aromatic heterocycles. The average molecular weight is 130 g/mol. The number of carboxylic acid groups (broad SMARTS) is 1.